The lowest BCUT2D eigenvalue weighted by atomic mass is 9.97. The first-order valence-corrected chi connectivity index (χ1v) is 11.2. The van der Waals surface area contributed by atoms with Crippen LogP contribution in [0, 0.1) is 5.92 Å². The molecule has 1 N–H and O–H groups in total. The van der Waals surface area contributed by atoms with Crippen molar-refractivity contribution in [2.75, 3.05) is 6.61 Å². The van der Waals surface area contributed by atoms with Crippen molar-refractivity contribution in [1.82, 2.24) is 0 Å². The second-order valence-electron chi connectivity index (χ2n) is 8.29. The van der Waals surface area contributed by atoms with E-state index in [1.54, 1.807) is 6.92 Å². The van der Waals surface area contributed by atoms with Crippen LogP contribution in [0.15, 0.2) is 18.1 Å². The van der Waals surface area contributed by atoms with Gasteiger partial charge in [-0.2, -0.15) is 0 Å². The largest absolute Gasteiger partial charge is 0.390 e. The van der Waals surface area contributed by atoms with Crippen LogP contribution >= 0.6 is 0 Å². The summed E-state index contributed by atoms with van der Waals surface area (Å²) in [5.41, 5.74) is 2.41. The quantitative estimate of drug-likeness (QED) is 0.0887. The predicted octanol–water partition coefficient (Wildman–Crippen LogP) is 3.71. The molecule has 3 aliphatic rings. The van der Waals surface area contributed by atoms with Gasteiger partial charge in [-0.3, -0.25) is 0 Å². The molecule has 0 radical (unpaired) electrons. The average Bonchev–Trinajstić information content (AvgIpc) is 3.34. The Hall–Kier alpha value is -1.04. The third-order valence-electron chi connectivity index (χ3n) is 6.13. The third-order valence-corrected chi connectivity index (χ3v) is 6.13. The zero-order valence-electron chi connectivity index (χ0n) is 18.1. The summed E-state index contributed by atoms with van der Waals surface area (Å²) >= 11 is 0. The summed E-state index contributed by atoms with van der Waals surface area (Å²) in [4.78, 5) is 9.21. The van der Waals surface area contributed by atoms with Crippen LogP contribution in [-0.4, -0.2) is 42.2 Å². The Morgan fingerprint density at radius 3 is 2.45 bits per heavy atom. The molecule has 3 fully saturated rings. The van der Waals surface area contributed by atoms with Crippen LogP contribution in [0.2, 0.25) is 0 Å². The average molecular weight is 446 g/mol. The number of epoxide rings is 1. The molecular weight excluding hydrogens is 412 g/mol. The zero-order chi connectivity index (χ0) is 21.9. The minimum Gasteiger partial charge on any atom is -0.390 e. The van der Waals surface area contributed by atoms with Gasteiger partial charge in [0.25, 0.3) is 0 Å². The van der Waals surface area contributed by atoms with Crippen LogP contribution < -0.4 is 0 Å². The Balaban J connectivity index is 1.07. The van der Waals surface area contributed by atoms with E-state index in [0.717, 1.165) is 64.2 Å². The SMILES string of the molecule is C=C=C(C)OOOOOOOCCCCCCCC1CCC(OC2CCC3OC23)C1O. The fourth-order valence-electron chi connectivity index (χ4n) is 4.35. The standard InChI is InChI=1S/C21H34O10/c1-3-15(2)26-28-30-31-29-27-23-14-8-6-4-5-7-9-16-10-11-17(20(16)22)24-18-12-13-19-21(18)25-19/h16-22H,1,4-14H2,2H3. The Kier molecular flexibility index (Phi) is 10.7. The van der Waals surface area contributed by atoms with Crippen molar-refractivity contribution in [3.05, 3.63) is 18.1 Å². The van der Waals surface area contributed by atoms with E-state index in [1.165, 1.54) is 0 Å². The number of unbranched alkanes of at least 4 members (excludes halogenated alkanes) is 4. The van der Waals surface area contributed by atoms with Gasteiger partial charge in [-0.05, 0) is 54.5 Å². The van der Waals surface area contributed by atoms with Crippen molar-refractivity contribution in [1.29, 1.82) is 0 Å². The molecular formula is C21H34O10. The third kappa shape index (κ3) is 8.43. The lowest BCUT2D eigenvalue weighted by Crippen LogP contribution is -2.33. The molecule has 0 aromatic carbocycles. The highest BCUT2D eigenvalue weighted by Crippen LogP contribution is 2.42. The predicted molar refractivity (Wildman–Crippen MR) is 104 cm³/mol. The van der Waals surface area contributed by atoms with Crippen molar-refractivity contribution in [2.45, 2.75) is 102 Å². The molecule has 0 aromatic rings. The van der Waals surface area contributed by atoms with Crippen LogP contribution in [0.25, 0.3) is 0 Å². The van der Waals surface area contributed by atoms with Crippen LogP contribution in [0.4, 0.5) is 0 Å². The van der Waals surface area contributed by atoms with E-state index in [9.17, 15) is 5.11 Å². The maximum absolute atomic E-state index is 10.6. The van der Waals surface area contributed by atoms with Gasteiger partial charge in [0.2, 0.25) is 0 Å². The van der Waals surface area contributed by atoms with Gasteiger partial charge in [0.1, 0.15) is 6.10 Å². The molecule has 0 amide bonds. The number of aliphatic hydroxyl groups is 1. The minimum atomic E-state index is -0.339. The Morgan fingerprint density at radius 1 is 0.935 bits per heavy atom. The second-order valence-corrected chi connectivity index (χ2v) is 8.29. The van der Waals surface area contributed by atoms with E-state index in [4.69, 9.17) is 14.4 Å². The van der Waals surface area contributed by atoms with Crippen LogP contribution in [0.1, 0.15) is 71.1 Å². The molecule has 2 saturated carbocycles. The Labute approximate surface area is 182 Å². The van der Waals surface area contributed by atoms with Gasteiger partial charge in [0, 0.05) is 22.0 Å². The molecule has 31 heavy (non-hydrogen) atoms. The number of ether oxygens (including phenoxy) is 2. The highest BCUT2D eigenvalue weighted by Gasteiger charge is 2.52. The number of hydrogen-bond acceptors (Lipinski definition) is 10. The summed E-state index contributed by atoms with van der Waals surface area (Å²) in [6.45, 7) is 5.23. The molecule has 1 heterocycles. The van der Waals surface area contributed by atoms with Crippen molar-refractivity contribution in [3.8, 4) is 0 Å². The molecule has 2 aliphatic carbocycles. The lowest BCUT2D eigenvalue weighted by molar-refractivity contribution is -0.787. The molecule has 10 heteroatoms. The van der Waals surface area contributed by atoms with Crippen LogP contribution in [0.3, 0.4) is 0 Å². The van der Waals surface area contributed by atoms with Gasteiger partial charge >= 0.3 is 0 Å². The number of aliphatic hydroxyl groups excluding tert-OH is 1. The molecule has 0 bridgehead atoms. The first-order chi connectivity index (χ1) is 15.2. The molecule has 10 nitrogen and oxygen atoms in total. The van der Waals surface area contributed by atoms with E-state index in [1.807, 2.05) is 0 Å². The van der Waals surface area contributed by atoms with Gasteiger partial charge in [-0.1, -0.05) is 38.0 Å². The molecule has 0 aromatic heterocycles. The van der Waals surface area contributed by atoms with Crippen molar-refractivity contribution in [3.63, 3.8) is 0 Å². The molecule has 3 rings (SSSR count). The van der Waals surface area contributed by atoms with Crippen molar-refractivity contribution >= 4 is 0 Å². The Morgan fingerprint density at radius 2 is 1.68 bits per heavy atom. The van der Waals surface area contributed by atoms with Crippen LogP contribution in [-0.2, 0) is 44.4 Å². The van der Waals surface area contributed by atoms with Gasteiger partial charge < -0.3 is 19.5 Å². The molecule has 1 saturated heterocycles. The number of fused-ring (bicyclic) bond motifs is 1. The van der Waals surface area contributed by atoms with Crippen LogP contribution in [0.5, 0.6) is 0 Å². The summed E-state index contributed by atoms with van der Waals surface area (Å²) in [5.74, 6) is 0.605. The van der Waals surface area contributed by atoms with Crippen molar-refractivity contribution in [2.24, 2.45) is 5.92 Å². The fraction of sp³-hybridized carbons (Fsp3) is 0.857. The molecule has 6 unspecified atom stereocenters. The summed E-state index contributed by atoms with van der Waals surface area (Å²) < 4.78 is 11.7. The van der Waals surface area contributed by atoms with Gasteiger partial charge in [0.15, 0.2) is 5.76 Å². The lowest BCUT2D eigenvalue weighted by Gasteiger charge is -2.23. The first kappa shape index (κ1) is 24.6. The Bertz CT molecular complexity index is 566. The molecule has 0 spiro atoms. The number of hydrogen-bond donors (Lipinski definition) is 1. The van der Waals surface area contributed by atoms with Gasteiger partial charge in [0.05, 0.1) is 31.0 Å². The van der Waals surface area contributed by atoms with Gasteiger partial charge in [-0.25, -0.2) is 4.89 Å². The monoisotopic (exact) mass is 446 g/mol. The minimum absolute atomic E-state index is 0.0149. The van der Waals surface area contributed by atoms with E-state index in [0.29, 0.717) is 24.7 Å². The summed E-state index contributed by atoms with van der Waals surface area (Å²) in [6, 6.07) is 0. The second kappa shape index (κ2) is 13.5. The van der Waals surface area contributed by atoms with Gasteiger partial charge in [-0.15, -0.1) is 0 Å². The van der Waals surface area contributed by atoms with E-state index in [2.05, 4.69) is 42.4 Å². The molecule has 178 valence electrons. The number of allylic oxidation sites excluding steroid dienone is 1. The van der Waals surface area contributed by atoms with Crippen molar-refractivity contribution < 1.29 is 49.5 Å². The van der Waals surface area contributed by atoms with E-state index >= 15 is 0 Å². The summed E-state index contributed by atoms with van der Waals surface area (Å²) in [6.07, 6.45) is 11.0. The fourth-order valence-corrected chi connectivity index (χ4v) is 4.35. The smallest absolute Gasteiger partial charge is 0.184 e. The summed E-state index contributed by atoms with van der Waals surface area (Å²) in [5, 5.41) is 31.1. The first-order valence-electron chi connectivity index (χ1n) is 11.2. The summed E-state index contributed by atoms with van der Waals surface area (Å²) in [7, 11) is 0. The zero-order valence-corrected chi connectivity index (χ0v) is 18.1. The maximum atomic E-state index is 10.6. The molecule has 6 atom stereocenters. The highest BCUT2D eigenvalue weighted by molar-refractivity contribution is 5.00. The normalized spacial score (nSPS) is 31.4. The topological polar surface area (TPSA) is 107 Å². The highest BCUT2D eigenvalue weighted by atomic mass is 17.9. The van der Waals surface area contributed by atoms with E-state index in [-0.39, 0.29) is 24.1 Å². The molecule has 1 aliphatic heterocycles. The van der Waals surface area contributed by atoms with E-state index < -0.39 is 0 Å². The maximum Gasteiger partial charge on any atom is 0.184 e. The number of rotatable bonds is 17.